The van der Waals surface area contributed by atoms with E-state index in [-0.39, 0.29) is 0 Å². The van der Waals surface area contributed by atoms with Crippen LogP contribution in [0.2, 0.25) is 5.02 Å². The zero-order valence-electron chi connectivity index (χ0n) is 11.9. The van der Waals surface area contributed by atoms with E-state index in [9.17, 15) is 0 Å². The van der Waals surface area contributed by atoms with Gasteiger partial charge < -0.3 is 10.1 Å². The standard InChI is InChI=1S/C16H18BrClN2O/c1-2-6-19-10-14-15(18)4-3-5-16(14)21-11-12-7-13(17)9-20-8-12/h3-5,7-9,19H,2,6,10-11H2,1H3. The molecule has 1 N–H and O–H groups in total. The van der Waals surface area contributed by atoms with E-state index in [1.165, 1.54) is 0 Å². The molecule has 1 heterocycles. The third-order valence-corrected chi connectivity index (χ3v) is 3.75. The molecule has 2 aromatic rings. The van der Waals surface area contributed by atoms with Crippen LogP contribution in [0.5, 0.6) is 5.75 Å². The van der Waals surface area contributed by atoms with Gasteiger partial charge >= 0.3 is 0 Å². The number of hydrogen-bond donors (Lipinski definition) is 1. The van der Waals surface area contributed by atoms with Crippen molar-refractivity contribution in [1.82, 2.24) is 10.3 Å². The van der Waals surface area contributed by atoms with Crippen molar-refractivity contribution in [3.8, 4) is 5.75 Å². The quantitative estimate of drug-likeness (QED) is 0.726. The Morgan fingerprint density at radius 2 is 2.19 bits per heavy atom. The average molecular weight is 370 g/mol. The molecule has 0 aliphatic carbocycles. The highest BCUT2D eigenvalue weighted by atomic mass is 79.9. The normalized spacial score (nSPS) is 10.6. The Hall–Kier alpha value is -1.10. The van der Waals surface area contributed by atoms with Gasteiger partial charge in [-0.3, -0.25) is 4.98 Å². The average Bonchev–Trinajstić information content (AvgIpc) is 2.47. The van der Waals surface area contributed by atoms with Crippen molar-refractivity contribution in [3.63, 3.8) is 0 Å². The predicted octanol–water partition coefficient (Wildman–Crippen LogP) is 4.58. The summed E-state index contributed by atoms with van der Waals surface area (Å²) in [6.07, 6.45) is 4.64. The Kier molecular flexibility index (Phi) is 6.49. The van der Waals surface area contributed by atoms with Crippen molar-refractivity contribution in [2.75, 3.05) is 6.54 Å². The summed E-state index contributed by atoms with van der Waals surface area (Å²) in [4.78, 5) is 4.13. The van der Waals surface area contributed by atoms with E-state index < -0.39 is 0 Å². The van der Waals surface area contributed by atoms with Gasteiger partial charge in [0, 0.05) is 39.6 Å². The summed E-state index contributed by atoms with van der Waals surface area (Å²) in [5, 5.41) is 4.08. The van der Waals surface area contributed by atoms with Crippen LogP contribution >= 0.6 is 27.5 Å². The molecular weight excluding hydrogens is 352 g/mol. The first kappa shape index (κ1) is 16.3. The summed E-state index contributed by atoms with van der Waals surface area (Å²) in [7, 11) is 0. The van der Waals surface area contributed by atoms with E-state index in [2.05, 4.69) is 33.2 Å². The fourth-order valence-electron chi connectivity index (χ4n) is 1.93. The lowest BCUT2D eigenvalue weighted by molar-refractivity contribution is 0.301. The zero-order valence-corrected chi connectivity index (χ0v) is 14.2. The molecule has 0 bridgehead atoms. The predicted molar refractivity (Wildman–Crippen MR) is 89.7 cm³/mol. The van der Waals surface area contributed by atoms with Gasteiger partial charge in [-0.1, -0.05) is 24.6 Å². The topological polar surface area (TPSA) is 34.1 Å². The molecule has 0 amide bonds. The molecule has 1 aromatic heterocycles. The molecule has 1 aromatic carbocycles. The van der Waals surface area contributed by atoms with Gasteiger partial charge in [0.05, 0.1) is 0 Å². The molecule has 3 nitrogen and oxygen atoms in total. The minimum absolute atomic E-state index is 0.466. The number of hydrogen-bond acceptors (Lipinski definition) is 3. The van der Waals surface area contributed by atoms with E-state index in [0.717, 1.165) is 39.3 Å². The summed E-state index contributed by atoms with van der Waals surface area (Å²) < 4.78 is 6.85. The maximum atomic E-state index is 6.28. The van der Waals surface area contributed by atoms with Gasteiger partial charge in [-0.2, -0.15) is 0 Å². The van der Waals surface area contributed by atoms with Crippen LogP contribution in [-0.2, 0) is 13.2 Å². The number of ether oxygens (including phenoxy) is 1. The first-order valence-corrected chi connectivity index (χ1v) is 8.08. The summed E-state index contributed by atoms with van der Waals surface area (Å²) in [5.41, 5.74) is 2.01. The molecule has 0 aliphatic heterocycles. The van der Waals surface area contributed by atoms with Crippen LogP contribution in [-0.4, -0.2) is 11.5 Å². The summed E-state index contributed by atoms with van der Waals surface area (Å²) in [5.74, 6) is 0.811. The summed E-state index contributed by atoms with van der Waals surface area (Å²) in [6, 6.07) is 7.73. The first-order chi connectivity index (χ1) is 10.2. The monoisotopic (exact) mass is 368 g/mol. The molecule has 0 saturated carbocycles. The summed E-state index contributed by atoms with van der Waals surface area (Å²) >= 11 is 9.68. The molecule has 0 fully saturated rings. The summed E-state index contributed by atoms with van der Waals surface area (Å²) in [6.45, 7) is 4.27. The minimum atomic E-state index is 0.466. The second kappa shape index (κ2) is 8.37. The molecule has 0 unspecified atom stereocenters. The van der Waals surface area contributed by atoms with Gasteiger partial charge in [0.25, 0.3) is 0 Å². The maximum absolute atomic E-state index is 6.28. The highest BCUT2D eigenvalue weighted by Gasteiger charge is 2.08. The van der Waals surface area contributed by atoms with Crippen molar-refractivity contribution in [2.24, 2.45) is 0 Å². The van der Waals surface area contributed by atoms with Gasteiger partial charge in [0.15, 0.2) is 0 Å². The van der Waals surface area contributed by atoms with Gasteiger partial charge in [0.2, 0.25) is 0 Å². The van der Waals surface area contributed by atoms with Gasteiger partial charge in [-0.25, -0.2) is 0 Å². The van der Waals surface area contributed by atoms with Gasteiger partial charge in [-0.05, 0) is 47.1 Å². The van der Waals surface area contributed by atoms with Crippen LogP contribution in [0, 0.1) is 0 Å². The number of rotatable bonds is 7. The van der Waals surface area contributed by atoms with E-state index >= 15 is 0 Å². The number of pyridine rings is 1. The lowest BCUT2D eigenvalue weighted by Gasteiger charge is -2.13. The molecule has 5 heteroatoms. The van der Waals surface area contributed by atoms with Crippen molar-refractivity contribution in [2.45, 2.75) is 26.5 Å². The molecule has 0 aliphatic rings. The van der Waals surface area contributed by atoms with Crippen molar-refractivity contribution < 1.29 is 4.74 Å². The highest BCUT2D eigenvalue weighted by Crippen LogP contribution is 2.27. The van der Waals surface area contributed by atoms with E-state index in [1.807, 2.05) is 24.3 Å². The zero-order chi connectivity index (χ0) is 15.1. The van der Waals surface area contributed by atoms with Crippen LogP contribution < -0.4 is 10.1 Å². The molecule has 0 atom stereocenters. The lowest BCUT2D eigenvalue weighted by Crippen LogP contribution is -2.15. The Morgan fingerprint density at radius 3 is 2.95 bits per heavy atom. The fourth-order valence-corrected chi connectivity index (χ4v) is 2.58. The van der Waals surface area contributed by atoms with E-state index in [4.69, 9.17) is 16.3 Å². The molecule has 0 spiro atoms. The molecule has 21 heavy (non-hydrogen) atoms. The second-order valence-electron chi connectivity index (χ2n) is 4.69. The second-order valence-corrected chi connectivity index (χ2v) is 6.02. The number of nitrogens with zero attached hydrogens (tertiary/aromatic N) is 1. The Bertz CT molecular complexity index is 592. The third kappa shape index (κ3) is 4.99. The van der Waals surface area contributed by atoms with Crippen molar-refractivity contribution in [3.05, 3.63) is 57.3 Å². The Labute approximate surface area is 138 Å². The largest absolute Gasteiger partial charge is 0.488 e. The number of benzene rings is 1. The minimum Gasteiger partial charge on any atom is -0.488 e. The first-order valence-electron chi connectivity index (χ1n) is 6.91. The van der Waals surface area contributed by atoms with E-state index in [0.29, 0.717) is 13.2 Å². The molecule has 112 valence electrons. The Balaban J connectivity index is 2.06. The molecular formula is C16H18BrClN2O. The number of nitrogens with one attached hydrogen (secondary N) is 1. The van der Waals surface area contributed by atoms with Crippen LogP contribution in [0.3, 0.4) is 0 Å². The third-order valence-electron chi connectivity index (χ3n) is 2.96. The lowest BCUT2D eigenvalue weighted by atomic mass is 10.2. The number of halogens is 2. The SMILES string of the molecule is CCCNCc1c(Cl)cccc1OCc1cncc(Br)c1. The van der Waals surface area contributed by atoms with Crippen molar-refractivity contribution >= 4 is 27.5 Å². The fraction of sp³-hybridized carbons (Fsp3) is 0.312. The Morgan fingerprint density at radius 1 is 1.33 bits per heavy atom. The molecule has 0 saturated heterocycles. The van der Waals surface area contributed by atoms with Crippen LogP contribution in [0.1, 0.15) is 24.5 Å². The van der Waals surface area contributed by atoms with E-state index in [1.54, 1.807) is 12.4 Å². The molecule has 0 radical (unpaired) electrons. The maximum Gasteiger partial charge on any atom is 0.125 e. The van der Waals surface area contributed by atoms with Crippen LogP contribution in [0.25, 0.3) is 0 Å². The number of aromatic nitrogens is 1. The van der Waals surface area contributed by atoms with Crippen molar-refractivity contribution in [1.29, 1.82) is 0 Å². The van der Waals surface area contributed by atoms with Crippen LogP contribution in [0.15, 0.2) is 41.1 Å². The van der Waals surface area contributed by atoms with Gasteiger partial charge in [-0.15, -0.1) is 0 Å². The highest BCUT2D eigenvalue weighted by molar-refractivity contribution is 9.10. The smallest absolute Gasteiger partial charge is 0.125 e. The van der Waals surface area contributed by atoms with Gasteiger partial charge in [0.1, 0.15) is 12.4 Å². The molecule has 2 rings (SSSR count). The van der Waals surface area contributed by atoms with Crippen LogP contribution in [0.4, 0.5) is 0 Å².